The minimum absolute atomic E-state index is 0.0657. The van der Waals surface area contributed by atoms with Crippen LogP contribution in [-0.4, -0.2) is 65.0 Å². The number of ether oxygens (including phenoxy) is 2. The Balaban J connectivity index is 1.31. The standard InChI is InChI=1S/C43H54N6O5S/c1-28-11-9-14-32(21-30-12-7-6-8-13-30)38(28)39-29(2)40-47-42(46-39)48-55(51,52)36-16-10-15-33(22-36)41(50)49(35(27-54-40)23-43(3,4)5)26-37-44-24-34(25-45-37)31-17-19-53-20-18-31/h9-11,14-16,22,24-25,30-31,35H,6-8,12-13,17-21,23,26-27H2,1-5H3,(H,46,47,48)/t35-/m1/s1. The molecule has 4 aromatic rings. The minimum atomic E-state index is -4.21. The van der Waals surface area contributed by atoms with Crippen molar-refractivity contribution in [3.8, 4) is 17.1 Å². The Bertz CT molecular complexity index is 2110. The fraction of sp³-hybridized carbons (Fsp3) is 0.512. The molecule has 0 radical (unpaired) electrons. The Hall–Kier alpha value is -4.42. The Morgan fingerprint density at radius 2 is 1.65 bits per heavy atom. The third kappa shape index (κ3) is 9.18. The summed E-state index contributed by atoms with van der Waals surface area (Å²) in [5, 5.41) is 0. The molecular formula is C43H54N6O5S. The van der Waals surface area contributed by atoms with Crippen LogP contribution in [0.4, 0.5) is 5.95 Å². The molecule has 2 fully saturated rings. The molecule has 1 saturated carbocycles. The second-order valence-electron chi connectivity index (χ2n) is 16.8. The average molecular weight is 767 g/mol. The van der Waals surface area contributed by atoms with E-state index in [1.165, 1.54) is 49.8 Å². The lowest BCUT2D eigenvalue weighted by atomic mass is 9.82. The molecule has 4 bridgehead atoms. The summed E-state index contributed by atoms with van der Waals surface area (Å²) in [5.41, 5.74) is 5.64. The summed E-state index contributed by atoms with van der Waals surface area (Å²) >= 11 is 0. The predicted molar refractivity (Wildman–Crippen MR) is 213 cm³/mol. The molecule has 12 heteroatoms. The summed E-state index contributed by atoms with van der Waals surface area (Å²) < 4.78 is 42.8. The largest absolute Gasteiger partial charge is 0.475 e. The summed E-state index contributed by atoms with van der Waals surface area (Å²) in [6.07, 6.45) is 13.2. The smallest absolute Gasteiger partial charge is 0.264 e. The van der Waals surface area contributed by atoms with Gasteiger partial charge in [0.15, 0.2) is 0 Å². The number of nitrogens with one attached hydrogen (secondary N) is 1. The van der Waals surface area contributed by atoms with Gasteiger partial charge in [0.25, 0.3) is 15.9 Å². The number of hydrogen-bond donors (Lipinski definition) is 1. The summed E-state index contributed by atoms with van der Waals surface area (Å²) in [7, 11) is -4.21. The van der Waals surface area contributed by atoms with Crippen molar-refractivity contribution in [1.82, 2.24) is 24.8 Å². The zero-order valence-electron chi connectivity index (χ0n) is 32.8. The molecule has 11 nitrogen and oxygen atoms in total. The number of hydrogen-bond acceptors (Lipinski definition) is 9. The van der Waals surface area contributed by atoms with Gasteiger partial charge in [0.05, 0.1) is 23.2 Å². The summed E-state index contributed by atoms with van der Waals surface area (Å²) in [6, 6.07) is 12.0. The lowest BCUT2D eigenvalue weighted by Gasteiger charge is -2.35. The van der Waals surface area contributed by atoms with Crippen LogP contribution in [0, 0.1) is 25.2 Å². The monoisotopic (exact) mass is 766 g/mol. The first-order valence-electron chi connectivity index (χ1n) is 19.8. The van der Waals surface area contributed by atoms with Crippen molar-refractivity contribution in [2.24, 2.45) is 11.3 Å². The Kier molecular flexibility index (Phi) is 11.6. The fourth-order valence-electron chi connectivity index (χ4n) is 8.35. The third-order valence-electron chi connectivity index (χ3n) is 11.2. The number of aryl methyl sites for hydroxylation is 1. The number of carbonyl (C=O) groups excluding carboxylic acids is 1. The molecule has 1 atom stereocenters. The number of benzene rings is 2. The molecule has 2 aromatic heterocycles. The molecular weight excluding hydrogens is 713 g/mol. The molecule has 2 aliphatic heterocycles. The van der Waals surface area contributed by atoms with E-state index in [0.29, 0.717) is 35.3 Å². The van der Waals surface area contributed by atoms with Gasteiger partial charge in [0.2, 0.25) is 11.8 Å². The van der Waals surface area contributed by atoms with Crippen LogP contribution >= 0.6 is 0 Å². The number of anilines is 1. The van der Waals surface area contributed by atoms with Crippen molar-refractivity contribution in [2.75, 3.05) is 24.5 Å². The van der Waals surface area contributed by atoms with E-state index in [0.717, 1.165) is 49.2 Å². The minimum Gasteiger partial charge on any atom is -0.475 e. The molecule has 2 aromatic carbocycles. The summed E-state index contributed by atoms with van der Waals surface area (Å²) in [5.74, 6) is 1.26. The van der Waals surface area contributed by atoms with Crippen molar-refractivity contribution in [3.05, 3.63) is 88.5 Å². The molecule has 7 rings (SSSR count). The van der Waals surface area contributed by atoms with E-state index in [-0.39, 0.29) is 46.8 Å². The summed E-state index contributed by atoms with van der Waals surface area (Å²) in [4.78, 5) is 35.3. The maximum absolute atomic E-state index is 14.6. The fourth-order valence-corrected chi connectivity index (χ4v) is 9.34. The third-order valence-corrected chi connectivity index (χ3v) is 12.6. The highest BCUT2D eigenvalue weighted by Crippen LogP contribution is 2.38. The van der Waals surface area contributed by atoms with Crippen molar-refractivity contribution >= 4 is 21.9 Å². The van der Waals surface area contributed by atoms with Crippen LogP contribution < -0.4 is 9.46 Å². The van der Waals surface area contributed by atoms with E-state index in [2.05, 4.69) is 55.6 Å². The molecule has 3 aliphatic rings. The van der Waals surface area contributed by atoms with Crippen LogP contribution in [0.1, 0.15) is 116 Å². The zero-order chi connectivity index (χ0) is 38.7. The Morgan fingerprint density at radius 1 is 0.927 bits per heavy atom. The lowest BCUT2D eigenvalue weighted by molar-refractivity contribution is 0.0504. The topological polar surface area (TPSA) is 136 Å². The van der Waals surface area contributed by atoms with Gasteiger partial charge < -0.3 is 14.4 Å². The van der Waals surface area contributed by atoms with Crippen LogP contribution in [0.3, 0.4) is 0 Å². The van der Waals surface area contributed by atoms with Crippen LogP contribution in [0.15, 0.2) is 59.8 Å². The van der Waals surface area contributed by atoms with E-state index in [4.69, 9.17) is 24.4 Å². The molecule has 4 heterocycles. The van der Waals surface area contributed by atoms with E-state index in [1.54, 1.807) is 17.0 Å². The SMILES string of the molecule is Cc1cccc(CC2CCCCC2)c1-c1nc2nc(c1C)OC[C@@H](CC(C)(C)C)N(Cc1ncc(C3CCOCC3)cn1)C(=O)c1cccc(c1)S(=O)(=O)N2. The lowest BCUT2D eigenvalue weighted by Crippen LogP contribution is -2.45. The molecule has 0 spiro atoms. The number of carbonyl (C=O) groups is 1. The van der Waals surface area contributed by atoms with Gasteiger partial charge in [-0.2, -0.15) is 4.98 Å². The van der Waals surface area contributed by atoms with Crippen LogP contribution in [0.2, 0.25) is 0 Å². The van der Waals surface area contributed by atoms with E-state index in [1.807, 2.05) is 19.3 Å². The maximum Gasteiger partial charge on any atom is 0.264 e. The average Bonchev–Trinajstić information content (AvgIpc) is 3.17. The van der Waals surface area contributed by atoms with E-state index >= 15 is 0 Å². The highest BCUT2D eigenvalue weighted by Gasteiger charge is 2.33. The van der Waals surface area contributed by atoms with Gasteiger partial charge in [0, 0.05) is 42.3 Å². The van der Waals surface area contributed by atoms with Crippen molar-refractivity contribution in [3.63, 3.8) is 0 Å². The molecule has 1 aliphatic carbocycles. The van der Waals surface area contributed by atoms with Gasteiger partial charge in [-0.25, -0.2) is 28.1 Å². The Labute approximate surface area is 325 Å². The van der Waals surface area contributed by atoms with Gasteiger partial charge in [-0.1, -0.05) is 77.1 Å². The van der Waals surface area contributed by atoms with Gasteiger partial charge >= 0.3 is 0 Å². The number of nitrogens with zero attached hydrogens (tertiary/aromatic N) is 5. The normalized spacial score (nSPS) is 19.8. The predicted octanol–water partition coefficient (Wildman–Crippen LogP) is 8.21. The maximum atomic E-state index is 14.6. The number of aromatic nitrogens is 4. The quantitative estimate of drug-likeness (QED) is 0.197. The van der Waals surface area contributed by atoms with Gasteiger partial charge in [-0.3, -0.25) is 4.79 Å². The van der Waals surface area contributed by atoms with Gasteiger partial charge in [0.1, 0.15) is 12.4 Å². The van der Waals surface area contributed by atoms with E-state index < -0.39 is 16.1 Å². The molecule has 0 unspecified atom stereocenters. The van der Waals surface area contributed by atoms with Crippen molar-refractivity contribution < 1.29 is 22.7 Å². The van der Waals surface area contributed by atoms with Crippen molar-refractivity contribution in [1.29, 1.82) is 0 Å². The van der Waals surface area contributed by atoms with Crippen LogP contribution in [-0.2, 0) is 27.7 Å². The summed E-state index contributed by atoms with van der Waals surface area (Å²) in [6.45, 7) is 12.0. The molecule has 55 heavy (non-hydrogen) atoms. The zero-order valence-corrected chi connectivity index (χ0v) is 33.6. The number of amides is 1. The molecule has 1 N–H and O–H groups in total. The number of fused-ring (bicyclic) bond motifs is 4. The highest BCUT2D eigenvalue weighted by atomic mass is 32.2. The number of sulfonamides is 1. The first-order chi connectivity index (χ1) is 26.3. The van der Waals surface area contributed by atoms with E-state index in [9.17, 15) is 13.2 Å². The highest BCUT2D eigenvalue weighted by molar-refractivity contribution is 7.92. The molecule has 292 valence electrons. The molecule has 1 amide bonds. The van der Waals surface area contributed by atoms with Gasteiger partial charge in [-0.15, -0.1) is 0 Å². The molecule has 1 saturated heterocycles. The van der Waals surface area contributed by atoms with Crippen LogP contribution in [0.5, 0.6) is 5.88 Å². The second kappa shape index (κ2) is 16.4. The van der Waals surface area contributed by atoms with Gasteiger partial charge in [-0.05, 0) is 91.7 Å². The van der Waals surface area contributed by atoms with Crippen molar-refractivity contribution in [2.45, 2.75) is 116 Å². The number of rotatable bonds is 7. The Morgan fingerprint density at radius 3 is 2.38 bits per heavy atom. The van der Waals surface area contributed by atoms with Crippen LogP contribution in [0.25, 0.3) is 11.3 Å². The second-order valence-corrected chi connectivity index (χ2v) is 18.4. The first-order valence-corrected chi connectivity index (χ1v) is 21.3. The first kappa shape index (κ1) is 38.8.